The van der Waals surface area contributed by atoms with Gasteiger partial charge in [0.05, 0.1) is 58.2 Å². The molecule has 5 heteroatoms. The van der Waals surface area contributed by atoms with Gasteiger partial charge in [0, 0.05) is 21.9 Å². The SMILES string of the molecule is [C-]#[N+]c1ccc2c(c1)c1ccccc1n2-c1ccccc1-c1ccccc1-n1c2ccc(C#N)cc2c2cc([N+]#[C-])ccc21. The Balaban J connectivity index is 1.45. The molecule has 8 rings (SSSR count). The summed E-state index contributed by atoms with van der Waals surface area (Å²) in [7, 11) is 0. The van der Waals surface area contributed by atoms with Crippen LogP contribution in [0.1, 0.15) is 5.56 Å². The van der Waals surface area contributed by atoms with Crippen molar-refractivity contribution in [2.45, 2.75) is 0 Å². The number of nitrogens with zero attached hydrogens (tertiary/aromatic N) is 5. The molecule has 0 aliphatic heterocycles. The third-order valence-electron chi connectivity index (χ3n) is 8.37. The van der Waals surface area contributed by atoms with E-state index in [1.54, 1.807) is 0 Å². The van der Waals surface area contributed by atoms with Gasteiger partial charge in [-0.15, -0.1) is 0 Å². The molecule has 0 amide bonds. The van der Waals surface area contributed by atoms with Crippen molar-refractivity contribution in [3.05, 3.63) is 156 Å². The summed E-state index contributed by atoms with van der Waals surface area (Å²) in [5.41, 5.74) is 9.93. The van der Waals surface area contributed by atoms with E-state index in [4.69, 9.17) is 13.1 Å². The van der Waals surface area contributed by atoms with Gasteiger partial charge >= 0.3 is 0 Å². The van der Waals surface area contributed by atoms with Crippen LogP contribution in [0.5, 0.6) is 0 Å². The van der Waals surface area contributed by atoms with E-state index >= 15 is 0 Å². The molecule has 44 heavy (non-hydrogen) atoms. The second-order valence-electron chi connectivity index (χ2n) is 10.7. The Kier molecular flexibility index (Phi) is 5.56. The van der Waals surface area contributed by atoms with Crippen molar-refractivity contribution in [2.75, 3.05) is 0 Å². The molecule has 6 aromatic carbocycles. The lowest BCUT2D eigenvalue weighted by Gasteiger charge is -2.18. The summed E-state index contributed by atoms with van der Waals surface area (Å²) in [6.07, 6.45) is 0. The number of benzene rings is 6. The Morgan fingerprint density at radius 3 is 1.50 bits per heavy atom. The van der Waals surface area contributed by atoms with Crippen LogP contribution in [-0.4, -0.2) is 9.13 Å². The van der Waals surface area contributed by atoms with Gasteiger partial charge in [0.1, 0.15) is 0 Å². The van der Waals surface area contributed by atoms with Crippen LogP contribution in [0.3, 0.4) is 0 Å². The van der Waals surface area contributed by atoms with E-state index < -0.39 is 0 Å². The molecule has 0 fully saturated rings. The first-order chi connectivity index (χ1) is 21.7. The largest absolute Gasteiger partial charge is 0.309 e. The second-order valence-corrected chi connectivity index (χ2v) is 10.7. The summed E-state index contributed by atoms with van der Waals surface area (Å²) in [6.45, 7) is 15.2. The van der Waals surface area contributed by atoms with Crippen LogP contribution < -0.4 is 0 Å². The predicted octanol–water partition coefficient (Wildman–Crippen LogP) is 10.5. The molecule has 5 nitrogen and oxygen atoms in total. The second kappa shape index (κ2) is 9.74. The molecular formula is C39H21N5. The monoisotopic (exact) mass is 559 g/mol. The van der Waals surface area contributed by atoms with E-state index in [1.165, 1.54) is 0 Å². The van der Waals surface area contributed by atoms with Crippen LogP contribution in [0.4, 0.5) is 11.4 Å². The zero-order chi connectivity index (χ0) is 29.8. The molecule has 0 bridgehead atoms. The molecule has 0 aliphatic carbocycles. The van der Waals surface area contributed by atoms with Crippen LogP contribution >= 0.6 is 0 Å². The quantitative estimate of drug-likeness (QED) is 0.199. The molecule has 2 aromatic heterocycles. The first-order valence-corrected chi connectivity index (χ1v) is 14.2. The first-order valence-electron chi connectivity index (χ1n) is 14.2. The maximum absolute atomic E-state index is 9.67. The highest BCUT2D eigenvalue weighted by molar-refractivity contribution is 6.12. The van der Waals surface area contributed by atoms with E-state index in [1.807, 2.05) is 66.7 Å². The molecule has 0 aliphatic rings. The minimum absolute atomic E-state index is 0.560. The first kappa shape index (κ1) is 25.1. The van der Waals surface area contributed by atoms with E-state index in [0.29, 0.717) is 16.9 Å². The topological polar surface area (TPSA) is 42.4 Å². The lowest BCUT2D eigenvalue weighted by atomic mass is 10.0. The number of rotatable bonds is 3. The molecule has 0 radical (unpaired) electrons. The predicted molar refractivity (Wildman–Crippen MR) is 178 cm³/mol. The highest BCUT2D eigenvalue weighted by Crippen LogP contribution is 2.41. The summed E-state index contributed by atoms with van der Waals surface area (Å²) in [5, 5.41) is 13.7. The average Bonchev–Trinajstić information content (AvgIpc) is 3.59. The lowest BCUT2D eigenvalue weighted by Crippen LogP contribution is -2.01. The molecule has 0 unspecified atom stereocenters. The van der Waals surface area contributed by atoms with Crippen molar-refractivity contribution in [2.24, 2.45) is 0 Å². The van der Waals surface area contributed by atoms with Crippen LogP contribution in [0.2, 0.25) is 0 Å². The highest BCUT2D eigenvalue weighted by Gasteiger charge is 2.20. The van der Waals surface area contributed by atoms with E-state index in [9.17, 15) is 5.26 Å². The molecule has 202 valence electrons. The van der Waals surface area contributed by atoms with Crippen LogP contribution in [0, 0.1) is 24.5 Å². The van der Waals surface area contributed by atoms with Crippen molar-refractivity contribution in [3.63, 3.8) is 0 Å². The van der Waals surface area contributed by atoms with Gasteiger partial charge in [0.2, 0.25) is 0 Å². The number of fused-ring (bicyclic) bond motifs is 6. The van der Waals surface area contributed by atoms with Gasteiger partial charge in [-0.25, -0.2) is 9.69 Å². The number of hydrogen-bond acceptors (Lipinski definition) is 1. The van der Waals surface area contributed by atoms with Crippen molar-refractivity contribution < 1.29 is 0 Å². The average molecular weight is 560 g/mol. The van der Waals surface area contributed by atoms with Crippen molar-refractivity contribution in [1.29, 1.82) is 5.26 Å². The van der Waals surface area contributed by atoms with Gasteiger partial charge in [-0.1, -0.05) is 66.7 Å². The Morgan fingerprint density at radius 2 is 0.932 bits per heavy atom. The number of aromatic nitrogens is 2. The normalized spacial score (nSPS) is 11.1. The fraction of sp³-hybridized carbons (Fsp3) is 0. The fourth-order valence-corrected chi connectivity index (χ4v) is 6.49. The van der Waals surface area contributed by atoms with Gasteiger partial charge in [-0.3, -0.25) is 0 Å². The third kappa shape index (κ3) is 3.63. The van der Waals surface area contributed by atoms with Crippen LogP contribution in [-0.2, 0) is 0 Å². The third-order valence-corrected chi connectivity index (χ3v) is 8.37. The van der Waals surface area contributed by atoms with E-state index in [0.717, 1.165) is 66.1 Å². The van der Waals surface area contributed by atoms with Gasteiger partial charge in [0.25, 0.3) is 0 Å². The maximum atomic E-state index is 9.67. The van der Waals surface area contributed by atoms with Gasteiger partial charge in [0.15, 0.2) is 11.4 Å². The smallest absolute Gasteiger partial charge is 0.188 e. The molecule has 8 aromatic rings. The van der Waals surface area contributed by atoms with Crippen molar-refractivity contribution >= 4 is 55.0 Å². The Morgan fingerprint density at radius 1 is 0.477 bits per heavy atom. The van der Waals surface area contributed by atoms with Gasteiger partial charge in [-0.05, 0) is 71.4 Å². The summed E-state index contributed by atoms with van der Waals surface area (Å²) < 4.78 is 4.52. The Bertz CT molecular complexity index is 2520. The zero-order valence-corrected chi connectivity index (χ0v) is 23.4. The van der Waals surface area contributed by atoms with Crippen LogP contribution in [0.15, 0.2) is 127 Å². The molecule has 0 spiro atoms. The molecular weight excluding hydrogens is 538 g/mol. The number of nitriles is 1. The minimum Gasteiger partial charge on any atom is -0.309 e. The number of hydrogen-bond donors (Lipinski definition) is 0. The Hall–Kier alpha value is -6.61. The molecule has 0 saturated carbocycles. The summed E-state index contributed by atoms with van der Waals surface area (Å²) in [4.78, 5) is 7.36. The van der Waals surface area contributed by atoms with Crippen molar-refractivity contribution in [3.8, 4) is 28.6 Å². The maximum Gasteiger partial charge on any atom is 0.188 e. The summed E-state index contributed by atoms with van der Waals surface area (Å²) >= 11 is 0. The van der Waals surface area contributed by atoms with Crippen LogP contribution in [0.25, 0.3) is 75.8 Å². The molecule has 2 heterocycles. The lowest BCUT2D eigenvalue weighted by molar-refractivity contribution is 1.16. The molecule has 0 N–H and O–H groups in total. The zero-order valence-electron chi connectivity index (χ0n) is 23.4. The minimum atomic E-state index is 0.560. The fourth-order valence-electron chi connectivity index (χ4n) is 6.49. The molecule has 0 atom stereocenters. The van der Waals surface area contributed by atoms with Crippen molar-refractivity contribution in [1.82, 2.24) is 9.13 Å². The standard InChI is InChI=1S/C39H21N5/c1-41-26-16-19-38-32(22-26)30-11-5-8-14-36(30)43(38)34-12-6-3-9-28(34)29-10-4-7-13-35(29)44-37-18-15-25(24-40)21-31(37)33-23-27(42-2)17-20-39(33)44/h3-23H. The molecule has 0 saturated heterocycles. The summed E-state index contributed by atoms with van der Waals surface area (Å²) in [5.74, 6) is 0. The van der Waals surface area contributed by atoms with E-state index in [2.05, 4.69) is 85.6 Å². The summed E-state index contributed by atoms with van der Waals surface area (Å²) in [6, 6.07) is 44.8. The highest BCUT2D eigenvalue weighted by atomic mass is 15.0. The van der Waals surface area contributed by atoms with Gasteiger partial charge in [-0.2, -0.15) is 5.26 Å². The van der Waals surface area contributed by atoms with E-state index in [-0.39, 0.29) is 0 Å². The van der Waals surface area contributed by atoms with Gasteiger partial charge < -0.3 is 9.13 Å². The number of para-hydroxylation sites is 3. The Labute approximate surface area is 253 Å².